The van der Waals surface area contributed by atoms with Crippen LogP contribution in [0.5, 0.6) is 5.75 Å². The fraction of sp³-hybridized carbons (Fsp3) is 0.273. The first kappa shape index (κ1) is 22.6. The Labute approximate surface area is 191 Å². The van der Waals surface area contributed by atoms with Crippen LogP contribution in [0.2, 0.25) is 0 Å². The Kier molecular flexibility index (Phi) is 6.25. The third kappa shape index (κ3) is 4.64. The van der Waals surface area contributed by atoms with Crippen molar-refractivity contribution >= 4 is 21.5 Å². The minimum atomic E-state index is -3.85. The maximum atomic E-state index is 13.1. The lowest BCUT2D eigenvalue weighted by atomic mass is 10.1. The normalized spacial score (nSPS) is 14.8. The first-order chi connectivity index (χ1) is 15.8. The van der Waals surface area contributed by atoms with E-state index in [2.05, 4.69) is 10.2 Å². The van der Waals surface area contributed by atoms with Gasteiger partial charge in [-0.2, -0.15) is 4.31 Å². The predicted molar refractivity (Wildman–Crippen MR) is 123 cm³/mol. The summed E-state index contributed by atoms with van der Waals surface area (Å²) in [5.74, 6) is 1.42. The van der Waals surface area contributed by atoms with Crippen LogP contribution in [0.3, 0.4) is 0 Å². The monoisotopic (exact) mass is 469 g/mol. The summed E-state index contributed by atoms with van der Waals surface area (Å²) < 4.78 is 32.8. The standard InChI is InChI=1S/C22H23N5O5S/c1-16-3-6-18(27(28)29)15-21(16)33(30,31)26-13-11-25(12-14-26)22-10-9-20(23-24-22)17-4-7-19(32-2)8-5-17/h3-10,15H,11-14H2,1-2H3. The summed E-state index contributed by atoms with van der Waals surface area (Å²) in [6.45, 7) is 2.99. The van der Waals surface area contributed by atoms with Gasteiger partial charge in [0.05, 0.1) is 22.6 Å². The van der Waals surface area contributed by atoms with Crippen LogP contribution in [-0.2, 0) is 10.0 Å². The minimum Gasteiger partial charge on any atom is -0.497 e. The lowest BCUT2D eigenvalue weighted by Crippen LogP contribution is -2.49. The van der Waals surface area contributed by atoms with Crippen molar-refractivity contribution in [2.24, 2.45) is 0 Å². The second kappa shape index (κ2) is 9.12. The molecule has 33 heavy (non-hydrogen) atoms. The molecule has 1 fully saturated rings. The summed E-state index contributed by atoms with van der Waals surface area (Å²) in [4.78, 5) is 12.4. The number of non-ortho nitro benzene ring substituents is 1. The zero-order chi connectivity index (χ0) is 23.6. The highest BCUT2D eigenvalue weighted by Gasteiger charge is 2.31. The highest BCUT2D eigenvalue weighted by atomic mass is 32.2. The molecule has 0 N–H and O–H groups in total. The number of anilines is 1. The Bertz CT molecular complexity index is 1260. The summed E-state index contributed by atoms with van der Waals surface area (Å²) in [6, 6.07) is 15.1. The first-order valence-corrected chi connectivity index (χ1v) is 11.7. The van der Waals surface area contributed by atoms with E-state index >= 15 is 0 Å². The van der Waals surface area contributed by atoms with Crippen molar-refractivity contribution in [1.82, 2.24) is 14.5 Å². The maximum absolute atomic E-state index is 13.1. The third-order valence-electron chi connectivity index (χ3n) is 5.60. The quantitative estimate of drug-likeness (QED) is 0.399. The molecule has 10 nitrogen and oxygen atoms in total. The van der Waals surface area contributed by atoms with Gasteiger partial charge >= 0.3 is 0 Å². The molecule has 11 heteroatoms. The van der Waals surface area contributed by atoms with Crippen LogP contribution >= 0.6 is 0 Å². The van der Waals surface area contributed by atoms with E-state index in [4.69, 9.17) is 4.74 Å². The van der Waals surface area contributed by atoms with E-state index in [-0.39, 0.29) is 23.7 Å². The molecule has 1 saturated heterocycles. The number of hydrogen-bond donors (Lipinski definition) is 0. The molecule has 0 radical (unpaired) electrons. The van der Waals surface area contributed by atoms with E-state index in [9.17, 15) is 18.5 Å². The Morgan fingerprint density at radius 2 is 1.67 bits per heavy atom. The van der Waals surface area contributed by atoms with Crippen LogP contribution < -0.4 is 9.64 Å². The van der Waals surface area contributed by atoms with Crippen molar-refractivity contribution in [3.8, 4) is 17.0 Å². The summed E-state index contributed by atoms with van der Waals surface area (Å²) in [5.41, 5.74) is 1.87. The van der Waals surface area contributed by atoms with Gasteiger partial charge in [-0.25, -0.2) is 8.42 Å². The highest BCUT2D eigenvalue weighted by molar-refractivity contribution is 7.89. The summed E-state index contributed by atoms with van der Waals surface area (Å²) in [5, 5.41) is 19.7. The molecule has 1 aliphatic heterocycles. The second-order valence-electron chi connectivity index (χ2n) is 7.60. The van der Waals surface area contributed by atoms with Gasteiger partial charge in [0, 0.05) is 43.9 Å². The molecule has 0 bridgehead atoms. The van der Waals surface area contributed by atoms with Crippen molar-refractivity contribution in [3.63, 3.8) is 0 Å². The Hall–Kier alpha value is -3.57. The number of aromatic nitrogens is 2. The van der Waals surface area contributed by atoms with E-state index in [0.717, 1.165) is 23.1 Å². The van der Waals surface area contributed by atoms with E-state index in [0.29, 0.717) is 24.5 Å². The number of nitro benzene ring substituents is 1. The second-order valence-corrected chi connectivity index (χ2v) is 9.51. The number of nitro groups is 1. The molecule has 1 aliphatic rings. The zero-order valence-corrected chi connectivity index (χ0v) is 19.0. The van der Waals surface area contributed by atoms with Gasteiger partial charge in [0.25, 0.3) is 5.69 Å². The number of sulfonamides is 1. The molecule has 0 spiro atoms. The lowest BCUT2D eigenvalue weighted by Gasteiger charge is -2.34. The lowest BCUT2D eigenvalue weighted by molar-refractivity contribution is -0.385. The van der Waals surface area contributed by atoms with Crippen molar-refractivity contribution in [3.05, 3.63) is 70.3 Å². The number of ether oxygens (including phenoxy) is 1. The molecule has 0 amide bonds. The van der Waals surface area contributed by atoms with Gasteiger partial charge in [-0.05, 0) is 48.9 Å². The van der Waals surface area contributed by atoms with E-state index in [1.807, 2.05) is 41.3 Å². The fourth-order valence-electron chi connectivity index (χ4n) is 3.69. The van der Waals surface area contributed by atoms with Crippen LogP contribution in [0.1, 0.15) is 5.56 Å². The molecule has 2 heterocycles. The largest absolute Gasteiger partial charge is 0.497 e. The molecular weight excluding hydrogens is 446 g/mol. The summed E-state index contributed by atoms with van der Waals surface area (Å²) in [6.07, 6.45) is 0. The van der Waals surface area contributed by atoms with Crippen LogP contribution in [0.15, 0.2) is 59.5 Å². The summed E-state index contributed by atoms with van der Waals surface area (Å²) >= 11 is 0. The van der Waals surface area contributed by atoms with Crippen molar-refractivity contribution < 1.29 is 18.1 Å². The molecule has 0 aliphatic carbocycles. The van der Waals surface area contributed by atoms with Gasteiger partial charge < -0.3 is 9.64 Å². The van der Waals surface area contributed by atoms with E-state index in [1.165, 1.54) is 16.4 Å². The number of rotatable bonds is 6. The minimum absolute atomic E-state index is 0.0335. The van der Waals surface area contributed by atoms with Crippen LogP contribution in [0.25, 0.3) is 11.3 Å². The van der Waals surface area contributed by atoms with Crippen molar-refractivity contribution in [2.75, 3.05) is 38.2 Å². The van der Waals surface area contributed by atoms with Gasteiger partial charge in [0.15, 0.2) is 5.82 Å². The number of nitrogens with zero attached hydrogens (tertiary/aromatic N) is 5. The Morgan fingerprint density at radius 1 is 0.970 bits per heavy atom. The number of aryl methyl sites for hydroxylation is 1. The number of piperazine rings is 1. The Morgan fingerprint density at radius 3 is 2.24 bits per heavy atom. The first-order valence-electron chi connectivity index (χ1n) is 10.3. The SMILES string of the molecule is COc1ccc(-c2ccc(N3CCN(S(=O)(=O)c4cc([N+](=O)[O-])ccc4C)CC3)nn2)cc1. The van der Waals surface area contributed by atoms with Gasteiger partial charge in [-0.3, -0.25) is 10.1 Å². The zero-order valence-electron chi connectivity index (χ0n) is 18.2. The number of benzene rings is 2. The van der Waals surface area contributed by atoms with Gasteiger partial charge in [-0.15, -0.1) is 10.2 Å². The molecule has 1 aromatic heterocycles. The third-order valence-corrected chi connectivity index (χ3v) is 7.64. The van der Waals surface area contributed by atoms with Crippen molar-refractivity contribution in [2.45, 2.75) is 11.8 Å². The number of methoxy groups -OCH3 is 1. The molecule has 4 rings (SSSR count). The Balaban J connectivity index is 1.45. The van der Waals surface area contributed by atoms with E-state index in [1.54, 1.807) is 14.0 Å². The topological polar surface area (TPSA) is 119 Å². The predicted octanol–water partition coefficient (Wildman–Crippen LogP) is 2.88. The molecule has 172 valence electrons. The molecule has 2 aromatic carbocycles. The molecule has 0 unspecified atom stereocenters. The molecule has 3 aromatic rings. The average molecular weight is 470 g/mol. The van der Waals surface area contributed by atoms with Crippen LogP contribution in [0, 0.1) is 17.0 Å². The molecule has 0 atom stereocenters. The average Bonchev–Trinajstić information content (AvgIpc) is 2.84. The van der Waals surface area contributed by atoms with Crippen LogP contribution in [0.4, 0.5) is 11.5 Å². The summed E-state index contributed by atoms with van der Waals surface area (Å²) in [7, 11) is -2.24. The molecular formula is C22H23N5O5S. The highest BCUT2D eigenvalue weighted by Crippen LogP contribution is 2.27. The number of hydrogen-bond acceptors (Lipinski definition) is 8. The van der Waals surface area contributed by atoms with Gasteiger partial charge in [-0.1, -0.05) is 6.07 Å². The fourth-order valence-corrected chi connectivity index (χ4v) is 5.35. The van der Waals surface area contributed by atoms with E-state index < -0.39 is 14.9 Å². The van der Waals surface area contributed by atoms with Gasteiger partial charge in [0.2, 0.25) is 10.0 Å². The van der Waals surface area contributed by atoms with Gasteiger partial charge in [0.1, 0.15) is 5.75 Å². The maximum Gasteiger partial charge on any atom is 0.270 e. The smallest absolute Gasteiger partial charge is 0.270 e. The molecule has 0 saturated carbocycles. The van der Waals surface area contributed by atoms with Crippen molar-refractivity contribution in [1.29, 1.82) is 0 Å². The van der Waals surface area contributed by atoms with Crippen LogP contribution in [-0.4, -0.2) is 61.1 Å².